The summed E-state index contributed by atoms with van der Waals surface area (Å²) in [6, 6.07) is 0. The maximum atomic E-state index is 6.28. The molecule has 0 aliphatic rings. The van der Waals surface area contributed by atoms with Crippen LogP contribution in [0.4, 0.5) is 0 Å². The number of unbranched alkanes of at least 4 members (excludes halogenated alkanes) is 3. The molecule has 0 aliphatic carbocycles. The predicted molar refractivity (Wildman–Crippen MR) is 99.3 cm³/mol. The van der Waals surface area contributed by atoms with Crippen molar-refractivity contribution >= 4 is 24.6 Å². The Bertz CT molecular complexity index is 234. The first-order chi connectivity index (χ1) is 10.1. The summed E-state index contributed by atoms with van der Waals surface area (Å²) in [5.74, 6) is 0. The van der Waals surface area contributed by atoms with Crippen LogP contribution in [-0.4, -0.2) is 41.9 Å². The zero-order valence-electron chi connectivity index (χ0n) is 15.3. The van der Waals surface area contributed by atoms with Gasteiger partial charge in [-0.05, 0) is 0 Å². The van der Waals surface area contributed by atoms with Crippen molar-refractivity contribution in [3.8, 4) is 0 Å². The maximum absolute atomic E-state index is 6.28. The fourth-order valence-corrected chi connectivity index (χ4v) is 17.5. The zero-order valence-corrected chi connectivity index (χ0v) is 18.1. The second kappa shape index (κ2) is 14.0. The van der Waals surface area contributed by atoms with E-state index in [1.807, 2.05) is 13.1 Å². The van der Waals surface area contributed by atoms with Crippen molar-refractivity contribution in [1.29, 1.82) is 0 Å². The van der Waals surface area contributed by atoms with Gasteiger partial charge in [-0.1, -0.05) is 0 Å². The Hall–Kier alpha value is 0.429. The van der Waals surface area contributed by atoms with Crippen molar-refractivity contribution < 1.29 is 4.74 Å². The summed E-state index contributed by atoms with van der Waals surface area (Å²) in [5.41, 5.74) is 0. The van der Waals surface area contributed by atoms with Gasteiger partial charge in [0.1, 0.15) is 0 Å². The molecule has 0 saturated carbocycles. The Balaban J connectivity index is 4.61. The molecule has 1 unspecified atom stereocenters. The topological polar surface area (TPSA) is 21.6 Å². The standard InChI is InChI=1S/C6H12NO.3C4H9.Sn/c1-4-7-5-6(2)8-3;3*1-3-4-2;/h4,6H,3,5H2,1-2H3;3*1,3-4H2,2H3;. The summed E-state index contributed by atoms with van der Waals surface area (Å²) >= 11 is -2.08. The van der Waals surface area contributed by atoms with Crippen LogP contribution in [0, 0.1) is 0 Å². The van der Waals surface area contributed by atoms with Crippen LogP contribution in [0.25, 0.3) is 0 Å². The average molecular weight is 404 g/mol. The molecule has 0 radical (unpaired) electrons. The van der Waals surface area contributed by atoms with E-state index in [1.54, 1.807) is 0 Å². The summed E-state index contributed by atoms with van der Waals surface area (Å²) in [6.45, 7) is 12.0. The van der Waals surface area contributed by atoms with E-state index in [0.29, 0.717) is 6.10 Å². The Labute approximate surface area is 138 Å². The zero-order chi connectivity index (χ0) is 16.0. The average Bonchev–Trinajstić information content (AvgIpc) is 2.51. The van der Waals surface area contributed by atoms with Gasteiger partial charge in [-0.2, -0.15) is 0 Å². The fraction of sp³-hybridized carbons (Fsp3) is 0.944. The molecule has 0 aromatic heterocycles. The summed E-state index contributed by atoms with van der Waals surface area (Å²) in [6.07, 6.45) is 10.5. The van der Waals surface area contributed by atoms with Crippen molar-refractivity contribution in [2.45, 2.75) is 92.6 Å². The minimum atomic E-state index is -2.08. The summed E-state index contributed by atoms with van der Waals surface area (Å²) in [5, 5.41) is 0. The van der Waals surface area contributed by atoms with Gasteiger partial charge in [-0.3, -0.25) is 0 Å². The van der Waals surface area contributed by atoms with E-state index in [9.17, 15) is 0 Å². The first-order valence-corrected chi connectivity index (χ1v) is 17.3. The van der Waals surface area contributed by atoms with Crippen molar-refractivity contribution in [3.63, 3.8) is 0 Å². The Morgan fingerprint density at radius 2 is 1.43 bits per heavy atom. The van der Waals surface area contributed by atoms with Gasteiger partial charge in [0.2, 0.25) is 0 Å². The van der Waals surface area contributed by atoms with E-state index in [1.165, 1.54) is 51.8 Å². The van der Waals surface area contributed by atoms with E-state index in [0.717, 1.165) is 11.2 Å². The Morgan fingerprint density at radius 1 is 0.952 bits per heavy atom. The second-order valence-corrected chi connectivity index (χ2v) is 20.2. The number of hydrogen-bond acceptors (Lipinski definition) is 2. The molecule has 2 nitrogen and oxygen atoms in total. The number of nitrogens with zero attached hydrogens (tertiary/aromatic N) is 1. The monoisotopic (exact) mass is 405 g/mol. The molecule has 0 aliphatic heterocycles. The molecule has 1 atom stereocenters. The van der Waals surface area contributed by atoms with Crippen molar-refractivity contribution in [3.05, 3.63) is 0 Å². The molecule has 0 aromatic carbocycles. The van der Waals surface area contributed by atoms with Crippen LogP contribution in [0.3, 0.4) is 0 Å². The minimum absolute atomic E-state index is 0.294. The molecule has 0 fully saturated rings. The van der Waals surface area contributed by atoms with Crippen LogP contribution in [0.5, 0.6) is 0 Å². The number of hydrogen-bond donors (Lipinski definition) is 0. The molecule has 0 rings (SSSR count). The van der Waals surface area contributed by atoms with Crippen LogP contribution in [0.2, 0.25) is 13.3 Å². The third-order valence-electron chi connectivity index (χ3n) is 4.40. The number of aliphatic imine (C=N–C) groups is 1. The molecule has 0 bridgehead atoms. The van der Waals surface area contributed by atoms with E-state index in [-0.39, 0.29) is 0 Å². The molecule has 3 heteroatoms. The quantitative estimate of drug-likeness (QED) is 0.262. The van der Waals surface area contributed by atoms with Crippen LogP contribution in [-0.2, 0) is 4.74 Å². The van der Waals surface area contributed by atoms with Gasteiger partial charge in [-0.15, -0.1) is 0 Å². The van der Waals surface area contributed by atoms with Crippen molar-refractivity contribution in [2.24, 2.45) is 4.99 Å². The summed E-state index contributed by atoms with van der Waals surface area (Å²) in [7, 11) is 0. The first-order valence-electron chi connectivity index (χ1n) is 9.20. The van der Waals surface area contributed by atoms with Crippen LogP contribution in [0.1, 0.15) is 73.1 Å². The predicted octanol–water partition coefficient (Wildman–Crippen LogP) is 5.87. The Morgan fingerprint density at radius 3 is 1.81 bits per heavy atom. The van der Waals surface area contributed by atoms with Gasteiger partial charge in [-0.25, -0.2) is 0 Å². The molecule has 0 amide bonds. The molecule has 126 valence electrons. The van der Waals surface area contributed by atoms with Crippen LogP contribution >= 0.6 is 0 Å². The first kappa shape index (κ1) is 21.4. The fourth-order valence-electron chi connectivity index (χ4n) is 2.87. The molecule has 21 heavy (non-hydrogen) atoms. The third kappa shape index (κ3) is 10.7. The number of rotatable bonds is 14. The van der Waals surface area contributed by atoms with E-state index in [2.05, 4.69) is 32.7 Å². The van der Waals surface area contributed by atoms with E-state index < -0.39 is 18.4 Å². The van der Waals surface area contributed by atoms with Crippen LogP contribution in [0.15, 0.2) is 4.99 Å². The van der Waals surface area contributed by atoms with Gasteiger partial charge in [0.05, 0.1) is 0 Å². The van der Waals surface area contributed by atoms with Crippen molar-refractivity contribution in [1.82, 2.24) is 0 Å². The second-order valence-electron chi connectivity index (χ2n) is 6.56. The Kier molecular flexibility index (Phi) is 14.3. The number of ether oxygens (including phenoxy) is 1. The molecule has 0 aromatic rings. The van der Waals surface area contributed by atoms with Crippen molar-refractivity contribution in [2.75, 3.05) is 11.2 Å². The van der Waals surface area contributed by atoms with E-state index in [4.69, 9.17) is 4.74 Å². The SMILES string of the molecule is CC=NCC(C)O[CH2][Sn]([CH2]CCC)([CH2]CCC)[CH2]CCC. The molecule has 0 heterocycles. The van der Waals surface area contributed by atoms with Gasteiger partial charge in [0.15, 0.2) is 0 Å². The van der Waals surface area contributed by atoms with Gasteiger partial charge in [0.25, 0.3) is 0 Å². The third-order valence-corrected chi connectivity index (χ3v) is 18.7. The molecule has 0 N–H and O–H groups in total. The van der Waals surface area contributed by atoms with E-state index >= 15 is 0 Å². The van der Waals surface area contributed by atoms with Gasteiger partial charge < -0.3 is 0 Å². The van der Waals surface area contributed by atoms with Gasteiger partial charge >= 0.3 is 138 Å². The summed E-state index contributed by atoms with van der Waals surface area (Å²) in [4.78, 5) is 4.33. The summed E-state index contributed by atoms with van der Waals surface area (Å²) < 4.78 is 12.0. The normalized spacial score (nSPS) is 14.0. The molecular weight excluding hydrogens is 365 g/mol. The van der Waals surface area contributed by atoms with Gasteiger partial charge in [0, 0.05) is 0 Å². The van der Waals surface area contributed by atoms with Crippen LogP contribution < -0.4 is 0 Å². The molecule has 0 saturated heterocycles. The molecule has 0 spiro atoms. The molecular formula is C18H39NOSn.